The number of carbonyl (C=O) groups excluding carboxylic acids is 1. The monoisotopic (exact) mass is 222 g/mol. The second-order valence-corrected chi connectivity index (χ2v) is 4.08. The number of nitrogens with zero attached hydrogens (tertiary/aromatic N) is 3. The number of fused-ring (bicyclic) bond motifs is 1. The van der Waals surface area contributed by atoms with Crippen molar-refractivity contribution in [2.75, 3.05) is 7.05 Å². The summed E-state index contributed by atoms with van der Waals surface area (Å²) in [6.45, 7) is 0. The number of nitrogens with one attached hydrogen (secondary N) is 1. The minimum absolute atomic E-state index is 0.121. The van der Waals surface area contributed by atoms with Crippen LogP contribution >= 0.6 is 11.8 Å². The van der Waals surface area contributed by atoms with Crippen LogP contribution in [0.4, 0.5) is 0 Å². The molecule has 0 aromatic rings. The Morgan fingerprint density at radius 3 is 3.40 bits per heavy atom. The van der Waals surface area contributed by atoms with Crippen molar-refractivity contribution in [2.45, 2.75) is 11.3 Å². The van der Waals surface area contributed by atoms with Crippen molar-refractivity contribution >= 4 is 35.6 Å². The van der Waals surface area contributed by atoms with E-state index in [0.717, 1.165) is 0 Å². The third-order valence-electron chi connectivity index (χ3n) is 1.97. The summed E-state index contributed by atoms with van der Waals surface area (Å²) in [5.41, 5.74) is 1.82. The minimum Gasteiger partial charge on any atom is -0.306 e. The van der Waals surface area contributed by atoms with E-state index in [1.54, 1.807) is 25.0 Å². The van der Waals surface area contributed by atoms with E-state index in [-0.39, 0.29) is 17.2 Å². The van der Waals surface area contributed by atoms with Gasteiger partial charge in [-0.3, -0.25) is 14.8 Å². The lowest BCUT2D eigenvalue weighted by molar-refractivity contribution is -0.113. The first kappa shape index (κ1) is 10.1. The molecule has 2 aliphatic heterocycles. The van der Waals surface area contributed by atoms with Crippen LogP contribution in [0.25, 0.3) is 0 Å². The van der Waals surface area contributed by atoms with Gasteiger partial charge < -0.3 is 5.32 Å². The molecule has 2 atom stereocenters. The number of hydrogen-bond acceptors (Lipinski definition) is 5. The molecule has 0 aromatic carbocycles. The van der Waals surface area contributed by atoms with Crippen LogP contribution in [-0.4, -0.2) is 42.2 Å². The third kappa shape index (κ3) is 2.33. The number of thioether (sulfide) groups is 1. The molecule has 2 unspecified atom stereocenters. The van der Waals surface area contributed by atoms with Crippen molar-refractivity contribution in [1.29, 1.82) is 0 Å². The number of aliphatic imine (C=N–C) groups is 3. The Morgan fingerprint density at radius 2 is 2.60 bits per heavy atom. The van der Waals surface area contributed by atoms with E-state index in [2.05, 4.69) is 20.3 Å². The van der Waals surface area contributed by atoms with Crippen molar-refractivity contribution in [3.63, 3.8) is 0 Å². The molecule has 1 amide bonds. The van der Waals surface area contributed by atoms with Gasteiger partial charge in [-0.2, -0.15) is 0 Å². The van der Waals surface area contributed by atoms with Crippen molar-refractivity contribution in [2.24, 2.45) is 15.0 Å². The first-order chi connectivity index (χ1) is 7.29. The Morgan fingerprint density at radius 1 is 1.73 bits per heavy atom. The molecule has 5 nitrogen and oxygen atoms in total. The molecule has 0 aromatic heterocycles. The molecule has 78 valence electrons. The van der Waals surface area contributed by atoms with Crippen LogP contribution in [-0.2, 0) is 4.79 Å². The van der Waals surface area contributed by atoms with Gasteiger partial charge in [0.25, 0.3) is 5.91 Å². The van der Waals surface area contributed by atoms with E-state index >= 15 is 0 Å². The Labute approximate surface area is 91.5 Å². The SMILES string of the molecule is CN=CC(=O)NC1=CC2SC=NC2C=N1. The Balaban J connectivity index is 2.00. The van der Waals surface area contributed by atoms with Gasteiger partial charge in [0.1, 0.15) is 11.9 Å². The predicted molar refractivity (Wildman–Crippen MR) is 62.8 cm³/mol. The van der Waals surface area contributed by atoms with Crippen molar-refractivity contribution < 1.29 is 4.79 Å². The summed E-state index contributed by atoms with van der Waals surface area (Å²) in [5.74, 6) is 0.308. The maximum Gasteiger partial charge on any atom is 0.267 e. The van der Waals surface area contributed by atoms with Gasteiger partial charge >= 0.3 is 0 Å². The normalized spacial score (nSPS) is 27.9. The van der Waals surface area contributed by atoms with Gasteiger partial charge in [0.15, 0.2) is 0 Å². The summed E-state index contributed by atoms with van der Waals surface area (Å²) in [7, 11) is 1.55. The van der Waals surface area contributed by atoms with Gasteiger partial charge in [-0.25, -0.2) is 4.99 Å². The molecular formula is C9H10N4OS. The van der Waals surface area contributed by atoms with Crippen molar-refractivity contribution in [1.82, 2.24) is 5.32 Å². The quantitative estimate of drug-likeness (QED) is 0.680. The van der Waals surface area contributed by atoms with Gasteiger partial charge in [0.2, 0.25) is 0 Å². The summed E-state index contributed by atoms with van der Waals surface area (Å²) < 4.78 is 0. The molecule has 15 heavy (non-hydrogen) atoms. The molecule has 2 rings (SSSR count). The molecule has 0 aliphatic carbocycles. The molecule has 0 bridgehead atoms. The van der Waals surface area contributed by atoms with Crippen LogP contribution in [0.5, 0.6) is 0 Å². The van der Waals surface area contributed by atoms with E-state index in [1.807, 2.05) is 11.6 Å². The largest absolute Gasteiger partial charge is 0.306 e. The zero-order valence-electron chi connectivity index (χ0n) is 8.12. The summed E-state index contributed by atoms with van der Waals surface area (Å²) >= 11 is 1.63. The maximum absolute atomic E-state index is 11.2. The maximum atomic E-state index is 11.2. The number of hydrogen-bond donors (Lipinski definition) is 1. The molecule has 0 saturated heterocycles. The van der Waals surface area contributed by atoms with E-state index in [0.29, 0.717) is 5.82 Å². The van der Waals surface area contributed by atoms with Crippen LogP contribution in [0.2, 0.25) is 0 Å². The van der Waals surface area contributed by atoms with E-state index < -0.39 is 0 Å². The standard InChI is InChI=1S/C9H10N4OS/c1-10-4-9(14)13-8-2-7-6(3-11-8)12-5-15-7/h2-7H,1H3,(H,13,14). The Kier molecular flexibility index (Phi) is 2.96. The molecule has 1 N–H and O–H groups in total. The van der Waals surface area contributed by atoms with Crippen LogP contribution < -0.4 is 5.32 Å². The first-order valence-electron chi connectivity index (χ1n) is 4.46. The number of rotatable bonds is 2. The summed E-state index contributed by atoms with van der Waals surface area (Å²) in [6, 6.07) is 0.121. The molecule has 6 heteroatoms. The van der Waals surface area contributed by atoms with Crippen LogP contribution in [0.3, 0.4) is 0 Å². The summed E-state index contributed by atoms with van der Waals surface area (Å²) in [6.07, 6.45) is 4.88. The zero-order chi connectivity index (χ0) is 10.7. The predicted octanol–water partition coefficient (Wildman–Crippen LogP) is 0.241. The molecule has 0 saturated carbocycles. The van der Waals surface area contributed by atoms with Crippen LogP contribution in [0, 0.1) is 0 Å². The molecule has 2 heterocycles. The molecular weight excluding hydrogens is 212 g/mol. The van der Waals surface area contributed by atoms with E-state index in [1.165, 1.54) is 6.21 Å². The first-order valence-corrected chi connectivity index (χ1v) is 5.40. The smallest absolute Gasteiger partial charge is 0.267 e. The number of amides is 1. The van der Waals surface area contributed by atoms with Gasteiger partial charge in [0.05, 0.1) is 17.0 Å². The summed E-state index contributed by atoms with van der Waals surface area (Å²) in [4.78, 5) is 23.1. The second-order valence-electron chi connectivity index (χ2n) is 3.05. The van der Waals surface area contributed by atoms with Gasteiger partial charge in [-0.15, -0.1) is 11.8 Å². The van der Waals surface area contributed by atoms with Gasteiger partial charge in [0, 0.05) is 13.3 Å². The van der Waals surface area contributed by atoms with Crippen LogP contribution in [0.15, 0.2) is 26.9 Å². The highest BCUT2D eigenvalue weighted by atomic mass is 32.2. The lowest BCUT2D eigenvalue weighted by Gasteiger charge is -2.15. The Hall–Kier alpha value is -1.43. The lowest BCUT2D eigenvalue weighted by Crippen LogP contribution is -2.28. The molecule has 0 radical (unpaired) electrons. The average molecular weight is 222 g/mol. The topological polar surface area (TPSA) is 66.2 Å². The molecule has 0 fully saturated rings. The highest BCUT2D eigenvalue weighted by Crippen LogP contribution is 2.25. The third-order valence-corrected chi connectivity index (χ3v) is 2.95. The summed E-state index contributed by atoms with van der Waals surface area (Å²) in [5, 5.41) is 2.90. The molecule has 0 spiro atoms. The fourth-order valence-corrected chi connectivity index (χ4v) is 2.17. The molecule has 2 aliphatic rings. The number of carbonyl (C=O) groups is 1. The average Bonchev–Trinajstić information content (AvgIpc) is 2.65. The lowest BCUT2D eigenvalue weighted by atomic mass is 10.2. The fourth-order valence-electron chi connectivity index (χ4n) is 1.31. The van der Waals surface area contributed by atoms with Crippen molar-refractivity contribution in [3.8, 4) is 0 Å². The van der Waals surface area contributed by atoms with Gasteiger partial charge in [-0.05, 0) is 6.08 Å². The van der Waals surface area contributed by atoms with E-state index in [4.69, 9.17) is 0 Å². The minimum atomic E-state index is -0.261. The van der Waals surface area contributed by atoms with Gasteiger partial charge in [-0.1, -0.05) is 0 Å². The van der Waals surface area contributed by atoms with Crippen LogP contribution in [0.1, 0.15) is 0 Å². The highest BCUT2D eigenvalue weighted by Gasteiger charge is 2.25. The van der Waals surface area contributed by atoms with Crippen molar-refractivity contribution in [3.05, 3.63) is 11.9 Å². The zero-order valence-corrected chi connectivity index (χ0v) is 8.94. The highest BCUT2D eigenvalue weighted by molar-refractivity contribution is 8.13. The fraction of sp³-hybridized carbons (Fsp3) is 0.333. The Bertz CT molecular complexity index is 386. The second kappa shape index (κ2) is 4.39. The van der Waals surface area contributed by atoms with E-state index in [9.17, 15) is 4.79 Å².